The molecule has 2 N–H and O–H groups in total. The van der Waals surface area contributed by atoms with Crippen LogP contribution in [0.3, 0.4) is 0 Å². The van der Waals surface area contributed by atoms with Crippen LogP contribution >= 0.6 is 23.1 Å². The number of carbonyl (C=O) groups is 2. The lowest BCUT2D eigenvalue weighted by molar-refractivity contribution is -0.113. The minimum atomic E-state index is -0.435. The van der Waals surface area contributed by atoms with Crippen molar-refractivity contribution in [1.82, 2.24) is 9.97 Å². The Hall–Kier alpha value is -3.11. The molecule has 1 aromatic carbocycles. The van der Waals surface area contributed by atoms with E-state index in [4.69, 9.17) is 9.47 Å². The maximum absolute atomic E-state index is 12.7. The number of esters is 1. The van der Waals surface area contributed by atoms with Crippen LogP contribution in [0.15, 0.2) is 40.3 Å². The van der Waals surface area contributed by atoms with Crippen LogP contribution in [0, 0.1) is 0 Å². The van der Waals surface area contributed by atoms with Crippen molar-refractivity contribution in [3.63, 3.8) is 0 Å². The van der Waals surface area contributed by atoms with E-state index in [1.54, 1.807) is 19.2 Å². The fraction of sp³-hybridized carbons (Fsp3) is 0.304. The highest BCUT2D eigenvalue weighted by molar-refractivity contribution is 7.99. The number of H-pyrrole nitrogens is 1. The number of aromatic nitrogens is 2. The van der Waals surface area contributed by atoms with Gasteiger partial charge in [0.1, 0.15) is 10.8 Å². The van der Waals surface area contributed by atoms with Crippen LogP contribution in [0.1, 0.15) is 33.6 Å². The Morgan fingerprint density at radius 1 is 1.18 bits per heavy atom. The molecule has 0 bridgehead atoms. The molecule has 3 aromatic rings. The minimum Gasteiger partial charge on any atom is -0.497 e. The summed E-state index contributed by atoms with van der Waals surface area (Å²) < 4.78 is 10.1. The maximum Gasteiger partial charge on any atom is 0.341 e. The van der Waals surface area contributed by atoms with Gasteiger partial charge in [-0.3, -0.25) is 9.59 Å². The van der Waals surface area contributed by atoms with Gasteiger partial charge in [-0.05, 0) is 55.5 Å². The Labute approximate surface area is 198 Å². The molecule has 1 aliphatic carbocycles. The van der Waals surface area contributed by atoms with E-state index in [9.17, 15) is 14.4 Å². The van der Waals surface area contributed by atoms with E-state index in [1.807, 2.05) is 12.1 Å². The molecule has 0 fully saturated rings. The first kappa shape index (κ1) is 23.1. The van der Waals surface area contributed by atoms with Crippen molar-refractivity contribution in [3.8, 4) is 17.0 Å². The molecule has 172 valence electrons. The number of fused-ring (bicyclic) bond motifs is 1. The minimum absolute atomic E-state index is 0.0260. The average molecular weight is 486 g/mol. The summed E-state index contributed by atoms with van der Waals surface area (Å²) in [5.41, 5.74) is 2.41. The number of benzene rings is 1. The first-order valence-corrected chi connectivity index (χ1v) is 12.2. The van der Waals surface area contributed by atoms with Gasteiger partial charge in [-0.2, -0.15) is 0 Å². The Balaban J connectivity index is 1.47. The number of aryl methyl sites for hydroxylation is 1. The molecule has 1 aliphatic rings. The second-order valence-corrected chi connectivity index (χ2v) is 9.48. The highest BCUT2D eigenvalue weighted by atomic mass is 32.2. The predicted octanol–water partition coefficient (Wildman–Crippen LogP) is 3.90. The molecule has 10 heteroatoms. The van der Waals surface area contributed by atoms with E-state index < -0.39 is 5.97 Å². The van der Waals surface area contributed by atoms with Crippen molar-refractivity contribution in [2.45, 2.75) is 30.8 Å². The number of hydrogen-bond donors (Lipinski definition) is 2. The highest BCUT2D eigenvalue weighted by Gasteiger charge is 2.27. The van der Waals surface area contributed by atoms with Gasteiger partial charge in [0.25, 0.3) is 5.56 Å². The van der Waals surface area contributed by atoms with Gasteiger partial charge in [-0.1, -0.05) is 11.8 Å². The topological polar surface area (TPSA) is 110 Å². The second-order valence-electron chi connectivity index (χ2n) is 7.41. The van der Waals surface area contributed by atoms with Gasteiger partial charge in [0.2, 0.25) is 5.91 Å². The van der Waals surface area contributed by atoms with Crippen molar-refractivity contribution < 1.29 is 19.1 Å². The third-order valence-corrected chi connectivity index (χ3v) is 7.34. The van der Waals surface area contributed by atoms with Gasteiger partial charge in [0.15, 0.2) is 5.16 Å². The molecule has 0 unspecified atom stereocenters. The van der Waals surface area contributed by atoms with Crippen LogP contribution < -0.4 is 15.6 Å². The Morgan fingerprint density at radius 2 is 1.94 bits per heavy atom. The fourth-order valence-corrected chi connectivity index (χ4v) is 5.65. The lowest BCUT2D eigenvalue weighted by Crippen LogP contribution is -2.17. The second kappa shape index (κ2) is 10.2. The number of hydrogen-bond acceptors (Lipinski definition) is 8. The smallest absolute Gasteiger partial charge is 0.341 e. The number of anilines is 1. The first-order chi connectivity index (χ1) is 16.0. The molecular weight excluding hydrogens is 462 g/mol. The molecule has 33 heavy (non-hydrogen) atoms. The average Bonchev–Trinajstić information content (AvgIpc) is 3.19. The normalized spacial score (nSPS) is 12.7. The van der Waals surface area contributed by atoms with Crippen molar-refractivity contribution in [3.05, 3.63) is 56.7 Å². The number of nitrogens with zero attached hydrogens (tertiary/aromatic N) is 1. The molecular formula is C23H23N3O5S2. The number of thiophene rings is 1. The fourth-order valence-electron chi connectivity index (χ4n) is 3.68. The van der Waals surface area contributed by atoms with E-state index in [0.717, 1.165) is 53.4 Å². The van der Waals surface area contributed by atoms with E-state index in [2.05, 4.69) is 15.3 Å². The lowest BCUT2D eigenvalue weighted by Gasteiger charge is -2.11. The molecule has 2 heterocycles. The van der Waals surface area contributed by atoms with E-state index in [1.165, 1.54) is 24.5 Å². The zero-order chi connectivity index (χ0) is 23.4. The highest BCUT2D eigenvalue weighted by Crippen LogP contribution is 2.38. The van der Waals surface area contributed by atoms with E-state index in [0.29, 0.717) is 27.2 Å². The molecule has 2 aromatic heterocycles. The maximum atomic E-state index is 12.7. The van der Waals surface area contributed by atoms with Gasteiger partial charge >= 0.3 is 5.97 Å². The lowest BCUT2D eigenvalue weighted by atomic mass is 9.95. The summed E-state index contributed by atoms with van der Waals surface area (Å²) in [6.45, 7) is 0. The first-order valence-electron chi connectivity index (χ1n) is 10.4. The Morgan fingerprint density at radius 3 is 2.67 bits per heavy atom. The molecule has 0 saturated heterocycles. The van der Waals surface area contributed by atoms with E-state index >= 15 is 0 Å². The molecule has 0 radical (unpaired) electrons. The number of methoxy groups -OCH3 is 2. The predicted molar refractivity (Wildman–Crippen MR) is 128 cm³/mol. The standard InChI is InChI=1S/C23H23N3O5S2/c1-30-14-9-7-13(8-10-14)16-11-18(27)26-23(24-16)32-12-19(28)25-21-20(22(29)31-2)15-5-3-4-6-17(15)33-21/h7-11H,3-6,12H2,1-2H3,(H,25,28)(H,24,26,27). The molecule has 0 aliphatic heterocycles. The molecule has 0 atom stereocenters. The summed E-state index contributed by atoms with van der Waals surface area (Å²) in [5, 5.41) is 3.71. The van der Waals surface area contributed by atoms with Crippen LogP contribution in [0.5, 0.6) is 5.75 Å². The van der Waals surface area contributed by atoms with Crippen LogP contribution in [0.2, 0.25) is 0 Å². The SMILES string of the molecule is COC(=O)c1c(NC(=O)CSc2nc(-c3ccc(OC)cc3)cc(=O)[nH]2)sc2c1CCCC2. The van der Waals surface area contributed by atoms with Crippen LogP contribution in [-0.4, -0.2) is 41.8 Å². The third kappa shape index (κ3) is 5.28. The van der Waals surface area contributed by atoms with Crippen molar-refractivity contribution in [1.29, 1.82) is 0 Å². The van der Waals surface area contributed by atoms with Crippen LogP contribution in [0.25, 0.3) is 11.3 Å². The van der Waals surface area contributed by atoms with Crippen molar-refractivity contribution >= 4 is 40.0 Å². The van der Waals surface area contributed by atoms with Crippen molar-refractivity contribution in [2.75, 3.05) is 25.3 Å². The number of carbonyl (C=O) groups excluding carboxylic acids is 2. The summed E-state index contributed by atoms with van der Waals surface area (Å²) in [4.78, 5) is 45.4. The summed E-state index contributed by atoms with van der Waals surface area (Å²) in [5.74, 6) is 0.00582. The summed E-state index contributed by atoms with van der Waals surface area (Å²) in [6, 6.07) is 8.62. The number of amides is 1. The van der Waals surface area contributed by atoms with E-state index in [-0.39, 0.29) is 17.2 Å². The zero-order valence-electron chi connectivity index (χ0n) is 18.2. The quantitative estimate of drug-likeness (QED) is 0.297. The summed E-state index contributed by atoms with van der Waals surface area (Å²) in [7, 11) is 2.92. The number of nitrogens with one attached hydrogen (secondary N) is 2. The Bertz CT molecular complexity index is 1230. The molecule has 4 rings (SSSR count). The van der Waals surface area contributed by atoms with Gasteiger partial charge in [-0.15, -0.1) is 11.3 Å². The van der Waals surface area contributed by atoms with Gasteiger partial charge < -0.3 is 19.8 Å². The van der Waals surface area contributed by atoms with Gasteiger partial charge in [0, 0.05) is 16.5 Å². The van der Waals surface area contributed by atoms with Crippen LogP contribution in [0.4, 0.5) is 5.00 Å². The number of ether oxygens (including phenoxy) is 2. The van der Waals surface area contributed by atoms with Crippen LogP contribution in [-0.2, 0) is 22.4 Å². The third-order valence-electron chi connectivity index (χ3n) is 5.26. The van der Waals surface area contributed by atoms with Gasteiger partial charge in [-0.25, -0.2) is 9.78 Å². The van der Waals surface area contributed by atoms with Gasteiger partial charge in [0.05, 0.1) is 31.2 Å². The zero-order valence-corrected chi connectivity index (χ0v) is 19.9. The molecule has 0 spiro atoms. The summed E-state index contributed by atoms with van der Waals surface area (Å²) in [6.07, 6.45) is 3.80. The number of aromatic amines is 1. The van der Waals surface area contributed by atoms with Crippen molar-refractivity contribution in [2.24, 2.45) is 0 Å². The molecule has 8 nitrogen and oxygen atoms in total. The molecule has 1 amide bonds. The monoisotopic (exact) mass is 485 g/mol. The largest absolute Gasteiger partial charge is 0.497 e. The Kier molecular flexibility index (Phi) is 7.14. The summed E-state index contributed by atoms with van der Waals surface area (Å²) >= 11 is 2.55. The number of thioether (sulfide) groups is 1. The number of rotatable bonds is 7. The molecule has 0 saturated carbocycles.